The molecule has 0 unspecified atom stereocenters. The molecule has 0 saturated heterocycles. The van der Waals surface area contributed by atoms with E-state index in [0.717, 1.165) is 0 Å². The summed E-state index contributed by atoms with van der Waals surface area (Å²) in [6, 6.07) is 0. The summed E-state index contributed by atoms with van der Waals surface area (Å²) in [5.74, 6) is 0. The van der Waals surface area contributed by atoms with E-state index in [9.17, 15) is 26.3 Å². The van der Waals surface area contributed by atoms with E-state index in [0.29, 0.717) is 0 Å². The van der Waals surface area contributed by atoms with Gasteiger partial charge in [-0.2, -0.15) is 0 Å². The molecule has 0 bridgehead atoms. The summed E-state index contributed by atoms with van der Waals surface area (Å²) in [6.45, 7) is 1.28. The van der Waals surface area contributed by atoms with Crippen molar-refractivity contribution < 1.29 is 85.6 Å². The van der Waals surface area contributed by atoms with Crippen molar-refractivity contribution in [2.45, 2.75) is 19.5 Å². The first-order valence-electron chi connectivity index (χ1n) is 2.67. The summed E-state index contributed by atoms with van der Waals surface area (Å²) in [4.78, 5) is 0. The van der Waals surface area contributed by atoms with E-state index >= 15 is 0 Å². The first-order valence-corrected chi connectivity index (χ1v) is 2.67. The smallest absolute Gasteiger partial charge is 0.427 e. The molecule has 0 fully saturated rings. The molecule has 0 amide bonds. The Kier molecular flexibility index (Phi) is 25.9. The second-order valence-corrected chi connectivity index (χ2v) is 1.57. The zero-order valence-electron chi connectivity index (χ0n) is 8.05. The van der Waals surface area contributed by atoms with Gasteiger partial charge in [-0.05, 0) is 6.82 Å². The summed E-state index contributed by atoms with van der Waals surface area (Å²) in [5.41, 5.74) is 0. The Labute approximate surface area is 112 Å². The molecular weight excluding hydrogens is 356 g/mol. The van der Waals surface area contributed by atoms with Crippen molar-refractivity contribution in [3.8, 4) is 0 Å². The van der Waals surface area contributed by atoms with Gasteiger partial charge in [-0.25, -0.2) is 0 Å². The Hall–Kier alpha value is 0.732. The van der Waals surface area contributed by atoms with Gasteiger partial charge < -0.3 is 20.3 Å². The molecule has 0 aliphatic carbocycles. The van der Waals surface area contributed by atoms with E-state index in [2.05, 4.69) is 0 Å². The Bertz CT molecular complexity index is 103. The van der Waals surface area contributed by atoms with Gasteiger partial charge in [0.25, 0.3) is 0 Å². The van der Waals surface area contributed by atoms with Crippen LogP contribution in [0.15, 0.2) is 0 Å². The third-order valence-corrected chi connectivity index (χ3v) is 0. The molecule has 0 aliphatic heterocycles. The van der Waals surface area contributed by atoms with Crippen molar-refractivity contribution in [1.82, 2.24) is 0 Å². The van der Waals surface area contributed by atoms with Crippen LogP contribution in [0.1, 0.15) is 0 Å². The largest absolute Gasteiger partial charge is 0.519 e. The second kappa shape index (κ2) is 13.8. The van der Waals surface area contributed by atoms with Crippen molar-refractivity contribution in [3.63, 3.8) is 0 Å². The van der Waals surface area contributed by atoms with Crippen LogP contribution in [0.25, 0.3) is 0 Å². The van der Waals surface area contributed by atoms with Crippen LogP contribution in [-0.4, -0.2) is 40.1 Å². The normalized spacial score (nSPS) is 9.19. The van der Waals surface area contributed by atoms with Gasteiger partial charge in [-0.3, -0.25) is 0 Å². The van der Waals surface area contributed by atoms with Gasteiger partial charge in [0.05, 0.1) is 0 Å². The van der Waals surface area contributed by atoms with Crippen LogP contribution in [0, 0.1) is 0 Å². The SMILES string of the molecule is CB(O)O.OC(F)(F)F.OC(F)(F)F.[Zn].[Zn]. The van der Waals surface area contributed by atoms with Crippen LogP contribution in [0.4, 0.5) is 26.3 Å². The average Bonchev–Trinajstić information content (AvgIpc) is 1.45. The Morgan fingerprint density at radius 3 is 0.750 bits per heavy atom. The van der Waals surface area contributed by atoms with Crippen LogP contribution in [-0.2, 0) is 39.0 Å². The molecule has 0 aromatic heterocycles. The van der Waals surface area contributed by atoms with Crippen molar-refractivity contribution in [2.75, 3.05) is 0 Å². The van der Waals surface area contributed by atoms with Crippen LogP contribution < -0.4 is 0 Å². The molecule has 13 heteroatoms. The molecule has 0 radical (unpaired) electrons. The zero-order valence-corrected chi connectivity index (χ0v) is 14.0. The minimum Gasteiger partial charge on any atom is -0.427 e. The van der Waals surface area contributed by atoms with E-state index in [1.165, 1.54) is 6.82 Å². The maximum Gasteiger partial charge on any atom is 0.519 e. The number of rotatable bonds is 0. The number of alkyl halides is 6. The molecule has 4 N–H and O–H groups in total. The van der Waals surface area contributed by atoms with Gasteiger partial charge in [-0.15, -0.1) is 26.3 Å². The van der Waals surface area contributed by atoms with Gasteiger partial charge in [0.2, 0.25) is 0 Å². The van der Waals surface area contributed by atoms with Crippen molar-refractivity contribution in [3.05, 3.63) is 0 Å². The Morgan fingerprint density at radius 2 is 0.750 bits per heavy atom. The molecule has 92 valence electrons. The zero-order chi connectivity index (χ0) is 12.6. The maximum atomic E-state index is 9.91. The summed E-state index contributed by atoms with van der Waals surface area (Å²) in [7, 11) is -1.17. The van der Waals surface area contributed by atoms with E-state index in [1.54, 1.807) is 0 Å². The van der Waals surface area contributed by atoms with Gasteiger partial charge in [0.1, 0.15) is 0 Å². The van der Waals surface area contributed by atoms with Crippen molar-refractivity contribution in [2.24, 2.45) is 0 Å². The number of hydrogen-bond donors (Lipinski definition) is 4. The summed E-state index contributed by atoms with van der Waals surface area (Å²) < 4.78 is 59.5. The molecule has 4 nitrogen and oxygen atoms in total. The molecule has 0 rings (SSSR count). The third-order valence-electron chi connectivity index (χ3n) is 0. The number of aliphatic hydroxyl groups is 2. The van der Waals surface area contributed by atoms with Gasteiger partial charge in [0.15, 0.2) is 0 Å². The van der Waals surface area contributed by atoms with E-state index in [1.807, 2.05) is 0 Å². The monoisotopic (exact) mass is 360 g/mol. The molecule has 0 aromatic rings. The molecule has 0 aliphatic rings. The standard InChI is InChI=1S/CH5BO2.2CHF3O.2Zn/c1-2(3)4;2*2-1(3,4)5;;/h3-4H,1H3;2*5H;;. The fourth-order valence-electron chi connectivity index (χ4n) is 0. The van der Waals surface area contributed by atoms with E-state index in [-0.39, 0.29) is 39.0 Å². The summed E-state index contributed by atoms with van der Waals surface area (Å²) in [6.07, 6.45) is -10.0. The molecular formula is C3H7BF6O4Zn2. The quantitative estimate of drug-likeness (QED) is 0.363. The first-order chi connectivity index (χ1) is 5.73. The van der Waals surface area contributed by atoms with Crippen LogP contribution in [0.3, 0.4) is 0 Å². The van der Waals surface area contributed by atoms with Crippen LogP contribution in [0.5, 0.6) is 0 Å². The third kappa shape index (κ3) is 5190. The van der Waals surface area contributed by atoms with E-state index in [4.69, 9.17) is 20.3 Å². The van der Waals surface area contributed by atoms with Crippen LogP contribution in [0.2, 0.25) is 6.82 Å². The van der Waals surface area contributed by atoms with Gasteiger partial charge >= 0.3 is 19.8 Å². The molecule has 0 aromatic carbocycles. The van der Waals surface area contributed by atoms with E-state index < -0.39 is 19.8 Å². The second-order valence-electron chi connectivity index (χ2n) is 1.57. The number of halogens is 6. The summed E-state index contributed by atoms with van der Waals surface area (Å²) in [5, 5.41) is 28.3. The Balaban J connectivity index is -0.0000000358. The Morgan fingerprint density at radius 1 is 0.750 bits per heavy atom. The fraction of sp³-hybridized carbons (Fsp3) is 1.00. The first kappa shape index (κ1) is 30.1. The van der Waals surface area contributed by atoms with Gasteiger partial charge in [-0.1, -0.05) is 0 Å². The molecule has 0 atom stereocenters. The van der Waals surface area contributed by atoms with Crippen molar-refractivity contribution >= 4 is 7.12 Å². The fourth-order valence-corrected chi connectivity index (χ4v) is 0. The maximum absolute atomic E-state index is 9.91. The predicted octanol–water partition coefficient (Wildman–Crippen LogP) is 0.0810. The van der Waals surface area contributed by atoms with Crippen LogP contribution >= 0.6 is 0 Å². The average molecular weight is 363 g/mol. The predicted molar refractivity (Wildman–Crippen MR) is 32.6 cm³/mol. The minimum absolute atomic E-state index is 0. The molecule has 0 saturated carbocycles. The number of hydrogen-bond acceptors (Lipinski definition) is 4. The van der Waals surface area contributed by atoms with Crippen molar-refractivity contribution in [1.29, 1.82) is 0 Å². The molecule has 16 heavy (non-hydrogen) atoms. The molecule has 0 heterocycles. The minimum atomic E-state index is -5.00. The molecule has 0 spiro atoms. The topological polar surface area (TPSA) is 80.9 Å². The summed E-state index contributed by atoms with van der Waals surface area (Å²) >= 11 is 0. The van der Waals surface area contributed by atoms with Gasteiger partial charge in [0, 0.05) is 39.0 Å².